The van der Waals surface area contributed by atoms with Crippen LogP contribution < -0.4 is 21.7 Å². The zero-order valence-corrected chi connectivity index (χ0v) is 26.9. The summed E-state index contributed by atoms with van der Waals surface area (Å²) in [6.07, 6.45) is 6.27. The summed E-state index contributed by atoms with van der Waals surface area (Å²) in [5, 5.41) is 4.51. The Morgan fingerprint density at radius 2 is 1.48 bits per heavy atom. The van der Waals surface area contributed by atoms with Gasteiger partial charge in [-0.25, -0.2) is 0 Å². The Kier molecular flexibility index (Phi) is 20.8. The molecule has 2 aromatic carbocycles. The maximum absolute atomic E-state index is 4.66. The molecule has 0 spiro atoms. The van der Waals surface area contributed by atoms with Crippen LogP contribution in [0, 0.1) is 0 Å². The third-order valence-corrected chi connectivity index (χ3v) is 6.57. The SMILES string of the molecule is C=C.C=C.CCCN(CCNC)CCc1ccc(-c2cc(N(C)c3ccc4c(ccn4C)c3)ccn2)cc1.CN.CN. The molecule has 0 atom stereocenters. The number of benzene rings is 2. The van der Waals surface area contributed by atoms with E-state index < -0.39 is 0 Å². The van der Waals surface area contributed by atoms with Crippen molar-refractivity contribution in [3.05, 3.63) is 105 Å². The molecule has 4 aromatic rings. The second-order valence-corrected chi connectivity index (χ2v) is 9.02. The van der Waals surface area contributed by atoms with Crippen LogP contribution in [-0.2, 0) is 13.5 Å². The third-order valence-electron chi connectivity index (χ3n) is 6.57. The van der Waals surface area contributed by atoms with Crippen molar-refractivity contribution in [2.75, 3.05) is 59.3 Å². The largest absolute Gasteiger partial charge is 0.351 e. The molecule has 0 bridgehead atoms. The Labute approximate surface area is 255 Å². The van der Waals surface area contributed by atoms with Gasteiger partial charge in [0, 0.05) is 74.0 Å². The van der Waals surface area contributed by atoms with Gasteiger partial charge in [-0.3, -0.25) is 4.98 Å². The number of pyridine rings is 1. The summed E-state index contributed by atoms with van der Waals surface area (Å²) in [5.41, 5.74) is 16.1. The molecule has 0 unspecified atom stereocenters. The van der Waals surface area contributed by atoms with Gasteiger partial charge in [0.1, 0.15) is 0 Å². The quantitative estimate of drug-likeness (QED) is 0.184. The van der Waals surface area contributed by atoms with Gasteiger partial charge in [-0.15, -0.1) is 26.3 Å². The van der Waals surface area contributed by atoms with Crippen molar-refractivity contribution in [3.63, 3.8) is 0 Å². The van der Waals surface area contributed by atoms with Gasteiger partial charge in [0.15, 0.2) is 0 Å². The molecular weight excluding hydrogens is 518 g/mol. The zero-order chi connectivity index (χ0) is 31.9. The first-order chi connectivity index (χ1) is 20.6. The average Bonchev–Trinajstić information content (AvgIpc) is 3.45. The van der Waals surface area contributed by atoms with E-state index in [1.54, 1.807) is 0 Å². The van der Waals surface area contributed by atoms with Crippen LogP contribution in [0.15, 0.2) is 99.4 Å². The van der Waals surface area contributed by atoms with E-state index in [1.165, 1.54) is 42.7 Å². The molecule has 0 aliphatic rings. The number of fused-ring (bicyclic) bond motifs is 1. The third kappa shape index (κ3) is 11.6. The molecular formula is C35H55N7. The predicted octanol–water partition coefficient (Wildman–Crippen LogP) is 6.24. The number of rotatable bonds is 11. The molecule has 5 N–H and O–H groups in total. The van der Waals surface area contributed by atoms with Crippen molar-refractivity contribution < 1.29 is 0 Å². The summed E-state index contributed by atoms with van der Waals surface area (Å²) in [7, 11) is 9.21. The summed E-state index contributed by atoms with van der Waals surface area (Å²) < 4.78 is 2.15. The molecule has 0 saturated heterocycles. The number of aromatic nitrogens is 2. The Morgan fingerprint density at radius 1 is 0.833 bits per heavy atom. The topological polar surface area (TPSA) is 88.4 Å². The van der Waals surface area contributed by atoms with Gasteiger partial charge < -0.3 is 31.2 Å². The molecule has 0 radical (unpaired) electrons. The minimum absolute atomic E-state index is 0.998. The molecule has 0 fully saturated rings. The highest BCUT2D eigenvalue weighted by atomic mass is 15.1. The van der Waals surface area contributed by atoms with Gasteiger partial charge in [-0.05, 0) is 82.5 Å². The smallest absolute Gasteiger partial charge is 0.0722 e. The van der Waals surface area contributed by atoms with Gasteiger partial charge >= 0.3 is 0 Å². The fourth-order valence-corrected chi connectivity index (χ4v) is 4.46. The normalized spacial score (nSPS) is 9.74. The highest BCUT2D eigenvalue weighted by Gasteiger charge is 2.09. The first-order valence-corrected chi connectivity index (χ1v) is 14.5. The van der Waals surface area contributed by atoms with Gasteiger partial charge in [0.05, 0.1) is 5.69 Å². The Bertz CT molecular complexity index is 1230. The highest BCUT2D eigenvalue weighted by molar-refractivity contribution is 5.85. The van der Waals surface area contributed by atoms with Crippen molar-refractivity contribution in [3.8, 4) is 11.3 Å². The molecule has 230 valence electrons. The van der Waals surface area contributed by atoms with E-state index in [1.807, 2.05) is 13.2 Å². The van der Waals surface area contributed by atoms with E-state index in [4.69, 9.17) is 0 Å². The lowest BCUT2D eigenvalue weighted by atomic mass is 10.1. The summed E-state index contributed by atoms with van der Waals surface area (Å²) in [4.78, 5) is 9.42. The molecule has 0 aliphatic heterocycles. The molecule has 0 amide bonds. The van der Waals surface area contributed by atoms with Gasteiger partial charge in [-0.1, -0.05) is 31.2 Å². The summed E-state index contributed by atoms with van der Waals surface area (Å²) in [5.74, 6) is 0. The standard InChI is InChI=1S/C29H37N5.2C2H4.2CH5N/c1-5-17-34(20-16-30-2)19-13-23-6-8-24(9-7-23)28-22-27(12-15-31-28)33(4)26-10-11-29-25(21-26)14-18-32(29)3;4*1-2/h6-12,14-15,18,21-22,30H,5,13,16-17,19-20H2,1-4H3;2*1-2H2;2*2H2,1H3. The van der Waals surface area contributed by atoms with Crippen LogP contribution in [0.5, 0.6) is 0 Å². The number of nitrogens with two attached hydrogens (primary N) is 2. The lowest BCUT2D eigenvalue weighted by Crippen LogP contribution is -2.33. The molecule has 4 rings (SSSR count). The average molecular weight is 574 g/mol. The minimum atomic E-state index is 0.998. The summed E-state index contributed by atoms with van der Waals surface area (Å²) >= 11 is 0. The number of hydrogen-bond acceptors (Lipinski definition) is 6. The van der Waals surface area contributed by atoms with Gasteiger partial charge in [-0.2, -0.15) is 0 Å². The maximum atomic E-state index is 4.66. The van der Waals surface area contributed by atoms with Crippen LogP contribution >= 0.6 is 0 Å². The summed E-state index contributed by atoms with van der Waals surface area (Å²) in [6, 6.07) is 21.9. The van der Waals surface area contributed by atoms with Crippen LogP contribution in [0.2, 0.25) is 0 Å². The molecule has 7 nitrogen and oxygen atoms in total. The number of hydrogen-bond donors (Lipinski definition) is 3. The van der Waals surface area contributed by atoms with E-state index in [-0.39, 0.29) is 0 Å². The maximum Gasteiger partial charge on any atom is 0.0722 e. The van der Waals surface area contributed by atoms with Crippen molar-refractivity contribution in [2.45, 2.75) is 19.8 Å². The van der Waals surface area contributed by atoms with E-state index in [0.29, 0.717) is 0 Å². The number of aryl methyl sites for hydroxylation is 1. The van der Waals surface area contributed by atoms with Crippen LogP contribution in [0.4, 0.5) is 11.4 Å². The van der Waals surface area contributed by atoms with E-state index >= 15 is 0 Å². The van der Waals surface area contributed by atoms with Crippen LogP contribution in [0.25, 0.3) is 22.2 Å². The number of likely N-dealkylation sites (N-methyl/N-ethyl adjacent to an activating group) is 1. The molecule has 2 heterocycles. The fraction of sp³-hybridized carbons (Fsp3) is 0.343. The van der Waals surface area contributed by atoms with E-state index in [9.17, 15) is 0 Å². The zero-order valence-electron chi connectivity index (χ0n) is 26.9. The van der Waals surface area contributed by atoms with Crippen molar-refractivity contribution in [1.82, 2.24) is 19.8 Å². The van der Waals surface area contributed by atoms with Crippen molar-refractivity contribution in [2.24, 2.45) is 18.5 Å². The highest BCUT2D eigenvalue weighted by Crippen LogP contribution is 2.29. The molecule has 0 saturated carbocycles. The van der Waals surface area contributed by atoms with Crippen LogP contribution in [0.1, 0.15) is 18.9 Å². The monoisotopic (exact) mass is 573 g/mol. The number of nitrogens with zero attached hydrogens (tertiary/aromatic N) is 4. The van der Waals surface area contributed by atoms with E-state index in [2.05, 4.69) is 150 Å². The molecule has 2 aromatic heterocycles. The minimum Gasteiger partial charge on any atom is -0.351 e. The second kappa shape index (κ2) is 22.9. The molecule has 0 aliphatic carbocycles. The lowest BCUT2D eigenvalue weighted by molar-refractivity contribution is 0.279. The number of anilines is 2. The van der Waals surface area contributed by atoms with Crippen LogP contribution in [-0.4, -0.2) is 68.8 Å². The Balaban J connectivity index is 0.00000194. The fourth-order valence-electron chi connectivity index (χ4n) is 4.46. The molecule has 42 heavy (non-hydrogen) atoms. The van der Waals surface area contributed by atoms with Gasteiger partial charge in [0.2, 0.25) is 0 Å². The first-order valence-electron chi connectivity index (χ1n) is 14.5. The van der Waals surface area contributed by atoms with Crippen molar-refractivity contribution >= 4 is 22.3 Å². The lowest BCUT2D eigenvalue weighted by Gasteiger charge is -2.21. The Morgan fingerprint density at radius 3 is 2.10 bits per heavy atom. The number of nitrogens with one attached hydrogen (secondary N) is 1. The Hall–Kier alpha value is -3.75. The first kappa shape index (κ1) is 38.2. The van der Waals surface area contributed by atoms with Crippen LogP contribution in [0.3, 0.4) is 0 Å². The van der Waals surface area contributed by atoms with Crippen molar-refractivity contribution in [1.29, 1.82) is 0 Å². The summed E-state index contributed by atoms with van der Waals surface area (Å²) in [6.45, 7) is 18.6. The van der Waals surface area contributed by atoms with Gasteiger partial charge in [0.25, 0.3) is 0 Å². The molecule has 7 heteroatoms. The second-order valence-electron chi connectivity index (χ2n) is 9.02. The van der Waals surface area contributed by atoms with E-state index in [0.717, 1.165) is 49.5 Å². The predicted molar refractivity (Wildman–Crippen MR) is 188 cm³/mol.